The molecule has 1 N–H and O–H groups in total. The van der Waals surface area contributed by atoms with Gasteiger partial charge in [-0.15, -0.1) is 21.5 Å². The third kappa shape index (κ3) is 4.90. The molecule has 1 aromatic carbocycles. The molecule has 0 aliphatic heterocycles. The van der Waals surface area contributed by atoms with E-state index < -0.39 is 0 Å². The van der Waals surface area contributed by atoms with Gasteiger partial charge >= 0.3 is 0 Å². The minimum atomic E-state index is 0.647. The fraction of sp³-hybridized carbons (Fsp3) is 0.267. The van der Waals surface area contributed by atoms with Crippen molar-refractivity contribution in [3.8, 4) is 10.6 Å². The van der Waals surface area contributed by atoms with E-state index in [0.717, 1.165) is 43.1 Å². The molecule has 0 aliphatic rings. The largest absolute Gasteiger partial charge is 0.383 e. The van der Waals surface area contributed by atoms with Crippen LogP contribution in [0.15, 0.2) is 34.0 Å². The average Bonchev–Trinajstić information content (AvgIpc) is 3.23. The molecule has 0 radical (unpaired) electrons. The predicted molar refractivity (Wildman–Crippen MR) is 102 cm³/mol. The van der Waals surface area contributed by atoms with Crippen LogP contribution in [0.3, 0.4) is 0 Å². The van der Waals surface area contributed by atoms with Crippen LogP contribution in [0.4, 0.5) is 5.13 Å². The predicted octanol–water partition coefficient (Wildman–Crippen LogP) is 4.67. The number of rotatable bonds is 8. The second-order valence-corrected chi connectivity index (χ2v) is 8.23. The van der Waals surface area contributed by atoms with Gasteiger partial charge in [-0.2, -0.15) is 0 Å². The van der Waals surface area contributed by atoms with E-state index in [2.05, 4.69) is 25.9 Å². The van der Waals surface area contributed by atoms with Crippen molar-refractivity contribution in [1.82, 2.24) is 15.2 Å². The summed E-state index contributed by atoms with van der Waals surface area (Å²) in [6.45, 7) is 1.38. The van der Waals surface area contributed by atoms with Crippen molar-refractivity contribution in [2.75, 3.05) is 25.6 Å². The van der Waals surface area contributed by atoms with Crippen LogP contribution in [0.5, 0.6) is 0 Å². The Morgan fingerprint density at radius 2 is 2.08 bits per heavy atom. The monoisotopic (exact) mass is 398 g/mol. The summed E-state index contributed by atoms with van der Waals surface area (Å²) < 4.78 is 5.92. The van der Waals surface area contributed by atoms with Crippen molar-refractivity contribution >= 4 is 51.2 Å². The first-order valence-electron chi connectivity index (χ1n) is 7.14. The maximum absolute atomic E-state index is 5.92. The zero-order valence-electron chi connectivity index (χ0n) is 12.9. The van der Waals surface area contributed by atoms with E-state index in [-0.39, 0.29) is 0 Å². The van der Waals surface area contributed by atoms with Gasteiger partial charge in [0.25, 0.3) is 0 Å². The highest BCUT2D eigenvalue weighted by molar-refractivity contribution is 8.00. The van der Waals surface area contributed by atoms with Crippen molar-refractivity contribution in [2.45, 2.75) is 10.1 Å². The fourth-order valence-corrected chi connectivity index (χ4v) is 4.56. The molecular formula is C15H15ClN4OS3. The number of hydrogen-bond donors (Lipinski definition) is 1. The highest BCUT2D eigenvalue weighted by Gasteiger charge is 2.08. The number of anilines is 1. The summed E-state index contributed by atoms with van der Waals surface area (Å²) in [5.41, 5.74) is 2.13. The molecule has 24 heavy (non-hydrogen) atoms. The second kappa shape index (κ2) is 8.77. The summed E-state index contributed by atoms with van der Waals surface area (Å²) in [6, 6.07) is 7.74. The number of thiazole rings is 1. The van der Waals surface area contributed by atoms with Gasteiger partial charge < -0.3 is 10.1 Å². The Morgan fingerprint density at radius 3 is 2.88 bits per heavy atom. The van der Waals surface area contributed by atoms with Crippen molar-refractivity contribution in [2.24, 2.45) is 0 Å². The first-order chi connectivity index (χ1) is 11.7. The molecule has 5 nitrogen and oxygen atoms in total. The number of nitrogens with zero attached hydrogens (tertiary/aromatic N) is 3. The summed E-state index contributed by atoms with van der Waals surface area (Å²) >= 11 is 10.7. The Kier molecular flexibility index (Phi) is 6.44. The van der Waals surface area contributed by atoms with E-state index in [0.29, 0.717) is 6.61 Å². The molecule has 2 heterocycles. The SMILES string of the molecule is COCCNc1nnc(SCc2csc(-c3ccc(Cl)cc3)n2)s1. The number of hydrogen-bond acceptors (Lipinski definition) is 8. The van der Waals surface area contributed by atoms with Crippen LogP contribution in [0.25, 0.3) is 10.6 Å². The van der Waals surface area contributed by atoms with Crippen LogP contribution in [0.1, 0.15) is 5.69 Å². The lowest BCUT2D eigenvalue weighted by Crippen LogP contribution is -2.06. The molecule has 0 saturated heterocycles. The fourth-order valence-electron chi connectivity index (χ4n) is 1.83. The van der Waals surface area contributed by atoms with Crippen LogP contribution < -0.4 is 5.32 Å². The van der Waals surface area contributed by atoms with E-state index in [9.17, 15) is 0 Å². The van der Waals surface area contributed by atoms with Gasteiger partial charge in [0.1, 0.15) is 5.01 Å². The molecule has 0 aliphatic carbocycles. The van der Waals surface area contributed by atoms with Gasteiger partial charge in [-0.1, -0.05) is 46.8 Å². The van der Waals surface area contributed by atoms with Crippen molar-refractivity contribution in [3.05, 3.63) is 40.4 Å². The molecule has 0 atom stereocenters. The molecule has 0 bridgehead atoms. The quantitative estimate of drug-likeness (QED) is 0.439. The zero-order chi connectivity index (χ0) is 16.8. The smallest absolute Gasteiger partial charge is 0.206 e. The highest BCUT2D eigenvalue weighted by atomic mass is 35.5. The van der Waals surface area contributed by atoms with Gasteiger partial charge in [0.15, 0.2) is 4.34 Å². The number of ether oxygens (including phenoxy) is 1. The number of methoxy groups -OCH3 is 1. The van der Waals surface area contributed by atoms with E-state index in [1.54, 1.807) is 41.5 Å². The first-order valence-corrected chi connectivity index (χ1v) is 10.2. The average molecular weight is 399 g/mol. The summed E-state index contributed by atoms with van der Waals surface area (Å²) in [5.74, 6) is 0.775. The molecule has 0 saturated carbocycles. The standard InChI is InChI=1S/C15H15ClN4OS3/c1-21-7-6-17-14-19-20-15(24-14)23-9-12-8-22-13(18-12)10-2-4-11(16)5-3-10/h2-5,8H,6-7,9H2,1H3,(H,17,19). The minimum Gasteiger partial charge on any atom is -0.383 e. The molecule has 0 unspecified atom stereocenters. The Labute approximate surface area is 157 Å². The normalized spacial score (nSPS) is 10.9. The molecule has 2 aromatic heterocycles. The first kappa shape index (κ1) is 17.6. The molecular weight excluding hydrogens is 384 g/mol. The number of thioether (sulfide) groups is 1. The van der Waals surface area contributed by atoms with Gasteiger partial charge in [-0.3, -0.25) is 0 Å². The molecule has 0 fully saturated rings. The van der Waals surface area contributed by atoms with Gasteiger partial charge in [0.2, 0.25) is 5.13 Å². The van der Waals surface area contributed by atoms with Crippen LogP contribution in [-0.4, -0.2) is 35.4 Å². The minimum absolute atomic E-state index is 0.647. The summed E-state index contributed by atoms with van der Waals surface area (Å²) in [4.78, 5) is 4.67. The van der Waals surface area contributed by atoms with Crippen LogP contribution in [0.2, 0.25) is 5.02 Å². The topological polar surface area (TPSA) is 59.9 Å². The van der Waals surface area contributed by atoms with Gasteiger partial charge in [0, 0.05) is 35.4 Å². The molecule has 3 rings (SSSR count). The van der Waals surface area contributed by atoms with Crippen molar-refractivity contribution in [1.29, 1.82) is 0 Å². The van der Waals surface area contributed by atoms with E-state index in [1.807, 2.05) is 24.3 Å². The molecule has 0 spiro atoms. The zero-order valence-corrected chi connectivity index (χ0v) is 16.1. The maximum atomic E-state index is 5.92. The van der Waals surface area contributed by atoms with Crippen LogP contribution in [0, 0.1) is 0 Å². The Balaban J connectivity index is 1.54. The number of aromatic nitrogens is 3. The third-order valence-corrected chi connectivity index (χ3v) is 6.22. The van der Waals surface area contributed by atoms with E-state index >= 15 is 0 Å². The van der Waals surface area contributed by atoms with Crippen LogP contribution in [-0.2, 0) is 10.5 Å². The number of benzene rings is 1. The third-order valence-electron chi connectivity index (χ3n) is 2.98. The molecule has 9 heteroatoms. The van der Waals surface area contributed by atoms with Gasteiger partial charge in [-0.05, 0) is 12.1 Å². The van der Waals surface area contributed by atoms with Gasteiger partial charge in [0.05, 0.1) is 12.3 Å². The molecule has 0 amide bonds. The Bertz CT molecular complexity index is 775. The van der Waals surface area contributed by atoms with Crippen molar-refractivity contribution in [3.63, 3.8) is 0 Å². The Hall–Kier alpha value is -1.19. The lowest BCUT2D eigenvalue weighted by atomic mass is 10.2. The summed E-state index contributed by atoms with van der Waals surface area (Å²) in [6.07, 6.45) is 0. The highest BCUT2D eigenvalue weighted by Crippen LogP contribution is 2.30. The maximum Gasteiger partial charge on any atom is 0.206 e. The number of halogens is 1. The lowest BCUT2D eigenvalue weighted by Gasteiger charge is -1.98. The van der Waals surface area contributed by atoms with E-state index in [1.165, 1.54) is 0 Å². The van der Waals surface area contributed by atoms with Gasteiger partial charge in [-0.25, -0.2) is 4.98 Å². The molecule has 126 valence electrons. The lowest BCUT2D eigenvalue weighted by molar-refractivity contribution is 0.211. The molecule has 3 aromatic rings. The summed E-state index contributed by atoms with van der Waals surface area (Å²) in [5, 5.41) is 16.1. The number of nitrogens with one attached hydrogen (secondary N) is 1. The second-order valence-electron chi connectivity index (χ2n) is 4.73. The Morgan fingerprint density at radius 1 is 1.25 bits per heavy atom. The van der Waals surface area contributed by atoms with E-state index in [4.69, 9.17) is 16.3 Å². The van der Waals surface area contributed by atoms with Crippen LogP contribution >= 0.6 is 46.0 Å². The summed E-state index contributed by atoms with van der Waals surface area (Å²) in [7, 11) is 1.68. The van der Waals surface area contributed by atoms with Crippen molar-refractivity contribution < 1.29 is 4.74 Å².